The van der Waals surface area contributed by atoms with Crippen LogP contribution in [0, 0.1) is 5.92 Å². The van der Waals surface area contributed by atoms with Crippen molar-refractivity contribution in [3.63, 3.8) is 0 Å². The second-order valence-electron chi connectivity index (χ2n) is 10.6. The summed E-state index contributed by atoms with van der Waals surface area (Å²) in [4.78, 5) is 12.4. The Morgan fingerprint density at radius 3 is 2.11 bits per heavy atom. The van der Waals surface area contributed by atoms with Gasteiger partial charge >= 0.3 is 5.97 Å². The van der Waals surface area contributed by atoms with E-state index in [2.05, 4.69) is 57.4 Å². The van der Waals surface area contributed by atoms with Gasteiger partial charge in [-0.1, -0.05) is 101 Å². The van der Waals surface area contributed by atoms with Gasteiger partial charge in [-0.3, -0.25) is 4.79 Å². The summed E-state index contributed by atoms with van der Waals surface area (Å²) >= 11 is 0. The summed E-state index contributed by atoms with van der Waals surface area (Å²) in [6, 6.07) is 18.7. The molecule has 35 heavy (non-hydrogen) atoms. The third-order valence-corrected chi connectivity index (χ3v) is 6.69. The maximum absolute atomic E-state index is 12.4. The first-order valence-electron chi connectivity index (χ1n) is 13.6. The smallest absolute Gasteiger partial charge is 0.311 e. The van der Waals surface area contributed by atoms with E-state index in [1.165, 1.54) is 62.5 Å². The summed E-state index contributed by atoms with van der Waals surface area (Å²) in [6.07, 6.45) is 12.6. The Morgan fingerprint density at radius 2 is 1.46 bits per heavy atom. The van der Waals surface area contributed by atoms with Gasteiger partial charge in [0.25, 0.3) is 0 Å². The first-order valence-corrected chi connectivity index (χ1v) is 13.6. The van der Waals surface area contributed by atoms with Gasteiger partial charge in [0.15, 0.2) is 0 Å². The van der Waals surface area contributed by atoms with Crippen LogP contribution in [0.4, 0.5) is 0 Å². The third kappa shape index (κ3) is 12.8. The van der Waals surface area contributed by atoms with Crippen LogP contribution in [0.2, 0.25) is 0 Å². The molecule has 1 unspecified atom stereocenters. The highest BCUT2D eigenvalue weighted by Crippen LogP contribution is 2.17. The summed E-state index contributed by atoms with van der Waals surface area (Å²) in [5, 5.41) is 0. The molecule has 0 spiro atoms. The number of carbonyl (C=O) groups excluding carboxylic acids is 1. The van der Waals surface area contributed by atoms with E-state index < -0.39 is 0 Å². The molecule has 0 amide bonds. The minimum Gasteiger partial charge on any atom is -0.457 e. The number of rotatable bonds is 18. The Labute approximate surface area is 214 Å². The number of ether oxygens (including phenoxy) is 2. The molecule has 2 aromatic rings. The molecular weight excluding hydrogens is 434 g/mol. The molecule has 0 aromatic heterocycles. The molecule has 0 aliphatic heterocycles. The molecule has 0 aliphatic rings. The van der Waals surface area contributed by atoms with Crippen molar-refractivity contribution in [1.82, 2.24) is 0 Å². The lowest BCUT2D eigenvalue weighted by Gasteiger charge is -2.30. The molecule has 0 N–H and O–H groups in total. The third-order valence-electron chi connectivity index (χ3n) is 6.69. The predicted molar refractivity (Wildman–Crippen MR) is 145 cm³/mol. The van der Waals surface area contributed by atoms with Crippen LogP contribution in [0.25, 0.3) is 0 Å². The minimum atomic E-state index is -0.198. The van der Waals surface area contributed by atoms with Crippen molar-refractivity contribution >= 4 is 5.97 Å². The maximum Gasteiger partial charge on any atom is 0.311 e. The van der Waals surface area contributed by atoms with Crippen molar-refractivity contribution in [2.45, 2.75) is 84.6 Å². The van der Waals surface area contributed by atoms with Gasteiger partial charge in [0.1, 0.15) is 12.3 Å². The Balaban J connectivity index is 1.58. The van der Waals surface area contributed by atoms with E-state index in [0.29, 0.717) is 0 Å². The first kappa shape index (κ1) is 28.9. The Bertz CT molecular complexity index is 817. The lowest BCUT2D eigenvalue weighted by molar-refractivity contribution is -0.904. The largest absolute Gasteiger partial charge is 0.457 e. The molecule has 0 fully saturated rings. The quantitative estimate of drug-likeness (QED) is 0.0952. The molecule has 4 heteroatoms. The van der Waals surface area contributed by atoms with E-state index in [-0.39, 0.29) is 18.7 Å². The van der Waals surface area contributed by atoms with Gasteiger partial charge in [0.05, 0.1) is 26.6 Å². The fourth-order valence-electron chi connectivity index (χ4n) is 4.33. The molecule has 0 saturated carbocycles. The molecule has 2 rings (SSSR count). The van der Waals surface area contributed by atoms with Crippen LogP contribution in [0.1, 0.15) is 82.8 Å². The second kappa shape index (κ2) is 16.4. The molecule has 4 nitrogen and oxygen atoms in total. The predicted octanol–water partition coefficient (Wildman–Crippen LogP) is 7.55. The van der Waals surface area contributed by atoms with E-state index in [0.717, 1.165) is 36.2 Å². The molecule has 194 valence electrons. The fourth-order valence-corrected chi connectivity index (χ4v) is 4.33. The number of unbranched alkanes of at least 4 members (excludes halogenated alkanes) is 7. The molecule has 0 radical (unpaired) electrons. The topological polar surface area (TPSA) is 35.5 Å². The lowest BCUT2D eigenvalue weighted by Crippen LogP contribution is -2.40. The zero-order valence-corrected chi connectivity index (χ0v) is 22.6. The van der Waals surface area contributed by atoms with Gasteiger partial charge in [0, 0.05) is 12.0 Å². The van der Waals surface area contributed by atoms with E-state index >= 15 is 0 Å². The highest BCUT2D eigenvalue weighted by molar-refractivity contribution is 5.71. The Hall–Kier alpha value is -2.33. The van der Waals surface area contributed by atoms with Crippen LogP contribution in [0.5, 0.6) is 5.75 Å². The van der Waals surface area contributed by atoms with Gasteiger partial charge in [-0.2, -0.15) is 0 Å². The highest BCUT2D eigenvalue weighted by Gasteiger charge is 2.21. The maximum atomic E-state index is 12.4. The van der Waals surface area contributed by atoms with Crippen molar-refractivity contribution in [3.8, 4) is 5.75 Å². The minimum absolute atomic E-state index is 0.0389. The molecular formula is C31H48NO3+. The number of benzene rings is 2. The summed E-state index contributed by atoms with van der Waals surface area (Å²) in [7, 11) is 4.40. The van der Waals surface area contributed by atoms with E-state index in [9.17, 15) is 4.79 Å². The molecule has 2 aromatic carbocycles. The summed E-state index contributed by atoms with van der Waals surface area (Å²) in [5.41, 5.74) is 2.65. The van der Waals surface area contributed by atoms with Gasteiger partial charge in [-0.25, -0.2) is 0 Å². The first-order chi connectivity index (χ1) is 16.9. The zero-order valence-electron chi connectivity index (χ0n) is 22.6. The van der Waals surface area contributed by atoms with Crippen LogP contribution in [-0.2, 0) is 22.5 Å². The zero-order chi connectivity index (χ0) is 25.4. The van der Waals surface area contributed by atoms with Crippen LogP contribution in [0.15, 0.2) is 54.6 Å². The van der Waals surface area contributed by atoms with E-state index in [1.54, 1.807) is 0 Å². The number of quaternary nitrogens is 1. The number of hydrogen-bond acceptors (Lipinski definition) is 3. The number of carbonyl (C=O) groups is 1. The molecule has 0 bridgehead atoms. The van der Waals surface area contributed by atoms with Gasteiger partial charge in [-0.15, -0.1) is 0 Å². The van der Waals surface area contributed by atoms with Crippen molar-refractivity contribution < 1.29 is 18.8 Å². The van der Waals surface area contributed by atoms with Gasteiger partial charge in [-0.05, 0) is 30.5 Å². The van der Waals surface area contributed by atoms with Crippen LogP contribution >= 0.6 is 0 Å². The average molecular weight is 483 g/mol. The Kier molecular flexibility index (Phi) is 13.5. The summed E-state index contributed by atoms with van der Waals surface area (Å²) in [5.74, 6) is 0.391. The van der Waals surface area contributed by atoms with Crippen molar-refractivity contribution in [1.29, 1.82) is 0 Å². The highest BCUT2D eigenvalue weighted by atomic mass is 16.7. The lowest BCUT2D eigenvalue weighted by atomic mass is 10.0. The van der Waals surface area contributed by atoms with Gasteiger partial charge in [0.2, 0.25) is 6.79 Å². The normalized spacial score (nSPS) is 12.3. The standard InChI is InChI=1S/C31H48NO3/c1-5-6-7-8-9-10-11-13-16-28-19-21-30(22-20-28)34-26-35-31(33)27(2)23-24-32(3,4)25-29-17-14-12-15-18-29/h12,14-15,17-22,27H,5-11,13,16,23-26H2,1-4H3/q+1. The number of nitrogens with zero attached hydrogens (tertiary/aromatic N) is 1. The molecule has 0 heterocycles. The van der Waals surface area contributed by atoms with Gasteiger partial charge < -0.3 is 14.0 Å². The fraction of sp³-hybridized carbons (Fsp3) is 0.581. The summed E-state index contributed by atoms with van der Waals surface area (Å²) in [6.45, 7) is 6.01. The molecule has 1 atom stereocenters. The molecule has 0 aliphatic carbocycles. The van der Waals surface area contributed by atoms with E-state index in [4.69, 9.17) is 9.47 Å². The number of esters is 1. The number of hydrogen-bond donors (Lipinski definition) is 0. The molecule has 0 saturated heterocycles. The number of aryl methyl sites for hydroxylation is 1. The second-order valence-corrected chi connectivity index (χ2v) is 10.6. The summed E-state index contributed by atoms with van der Waals surface area (Å²) < 4.78 is 11.9. The van der Waals surface area contributed by atoms with Crippen LogP contribution in [-0.4, -0.2) is 37.9 Å². The van der Waals surface area contributed by atoms with E-state index in [1.807, 2.05) is 25.1 Å². The monoisotopic (exact) mass is 482 g/mol. The van der Waals surface area contributed by atoms with Crippen LogP contribution in [0.3, 0.4) is 0 Å². The SMILES string of the molecule is CCCCCCCCCCc1ccc(OCOC(=O)C(C)CC[N+](C)(C)Cc2ccccc2)cc1. The Morgan fingerprint density at radius 1 is 0.829 bits per heavy atom. The van der Waals surface area contributed by atoms with Crippen molar-refractivity contribution in [2.75, 3.05) is 27.4 Å². The van der Waals surface area contributed by atoms with Crippen molar-refractivity contribution in [3.05, 3.63) is 65.7 Å². The van der Waals surface area contributed by atoms with Crippen molar-refractivity contribution in [2.24, 2.45) is 5.92 Å². The average Bonchev–Trinajstić information content (AvgIpc) is 2.85. The van der Waals surface area contributed by atoms with Crippen LogP contribution < -0.4 is 4.74 Å².